The van der Waals surface area contributed by atoms with Crippen LogP contribution >= 0.6 is 11.6 Å². The molecule has 1 saturated carbocycles. The first kappa shape index (κ1) is 15.5. The Morgan fingerprint density at radius 2 is 1.75 bits per heavy atom. The predicted molar refractivity (Wildman–Crippen MR) is 77.5 cm³/mol. The van der Waals surface area contributed by atoms with Gasteiger partial charge in [0.1, 0.15) is 10.7 Å². The van der Waals surface area contributed by atoms with Crippen LogP contribution in [-0.4, -0.2) is 14.5 Å². The third-order valence-electron chi connectivity index (χ3n) is 4.63. The Bertz CT molecular complexity index is 657. The highest BCUT2D eigenvalue weighted by Gasteiger charge is 2.66. The maximum absolute atomic E-state index is 13.2. The summed E-state index contributed by atoms with van der Waals surface area (Å²) in [5.74, 6) is -0.735. The fourth-order valence-electron chi connectivity index (χ4n) is 2.46. The fourth-order valence-corrected chi connectivity index (χ4v) is 4.54. The zero-order valence-corrected chi connectivity index (χ0v) is 13.4. The number of rotatable bonds is 3. The van der Waals surface area contributed by atoms with Crippen molar-refractivity contribution < 1.29 is 12.8 Å². The Morgan fingerprint density at radius 3 is 2.20 bits per heavy atom. The number of benzene rings is 1. The molecule has 0 aliphatic heterocycles. The Labute approximate surface area is 123 Å². The van der Waals surface area contributed by atoms with Gasteiger partial charge in [-0.3, -0.25) is 0 Å². The molecular formula is C13H18ClFN2O2S. The van der Waals surface area contributed by atoms with Gasteiger partial charge in [0.15, 0.2) is 0 Å². The molecule has 1 aromatic rings. The molecule has 20 heavy (non-hydrogen) atoms. The summed E-state index contributed by atoms with van der Waals surface area (Å²) >= 11 is 5.82. The van der Waals surface area contributed by atoms with Gasteiger partial charge in [-0.2, -0.15) is 0 Å². The van der Waals surface area contributed by atoms with Gasteiger partial charge in [-0.05, 0) is 23.0 Å². The topological polar surface area (TPSA) is 72.2 Å². The summed E-state index contributed by atoms with van der Waals surface area (Å²) in [6.45, 7) is 7.95. The molecule has 0 bridgehead atoms. The lowest BCUT2D eigenvalue weighted by atomic mass is 10.0. The van der Waals surface area contributed by atoms with E-state index in [1.165, 1.54) is 0 Å². The lowest BCUT2D eigenvalue weighted by molar-refractivity contribution is 0.457. The van der Waals surface area contributed by atoms with Crippen molar-refractivity contribution in [3.8, 4) is 0 Å². The van der Waals surface area contributed by atoms with Gasteiger partial charge in [-0.15, -0.1) is 0 Å². The van der Waals surface area contributed by atoms with Crippen LogP contribution in [0.4, 0.5) is 10.1 Å². The van der Waals surface area contributed by atoms with Gasteiger partial charge in [0.2, 0.25) is 10.0 Å². The zero-order chi connectivity index (χ0) is 15.5. The van der Waals surface area contributed by atoms with Gasteiger partial charge < -0.3 is 5.73 Å². The fraction of sp³-hybridized carbons (Fsp3) is 0.538. The first-order valence-electron chi connectivity index (χ1n) is 6.18. The van der Waals surface area contributed by atoms with E-state index in [4.69, 9.17) is 17.3 Å². The number of sulfonamides is 1. The summed E-state index contributed by atoms with van der Waals surface area (Å²) < 4.78 is 40.6. The lowest BCUT2D eigenvalue weighted by Crippen LogP contribution is -2.30. The van der Waals surface area contributed by atoms with Crippen molar-refractivity contribution in [1.29, 1.82) is 0 Å². The minimum absolute atomic E-state index is 0.155. The van der Waals surface area contributed by atoms with Crippen LogP contribution in [0.5, 0.6) is 0 Å². The molecule has 0 amide bonds. The lowest BCUT2D eigenvalue weighted by Gasteiger charge is -2.11. The Hall–Kier alpha value is -0.850. The first-order chi connectivity index (χ1) is 8.91. The summed E-state index contributed by atoms with van der Waals surface area (Å²) in [6, 6.07) is 1.75. The quantitative estimate of drug-likeness (QED) is 0.841. The molecule has 3 N–H and O–H groups in total. The van der Waals surface area contributed by atoms with Gasteiger partial charge in [-0.25, -0.2) is 17.5 Å². The van der Waals surface area contributed by atoms with Gasteiger partial charge in [0.25, 0.3) is 0 Å². The van der Waals surface area contributed by atoms with E-state index in [-0.39, 0.29) is 32.5 Å². The van der Waals surface area contributed by atoms with E-state index < -0.39 is 15.8 Å². The molecule has 0 unspecified atom stereocenters. The summed E-state index contributed by atoms with van der Waals surface area (Å²) in [6.07, 6.45) is 0. The van der Waals surface area contributed by atoms with E-state index in [9.17, 15) is 12.8 Å². The summed E-state index contributed by atoms with van der Waals surface area (Å²) in [7, 11) is -3.84. The van der Waals surface area contributed by atoms with Crippen LogP contribution in [0.1, 0.15) is 27.7 Å². The number of halogens is 2. The molecule has 112 valence electrons. The highest BCUT2D eigenvalue weighted by Crippen LogP contribution is 2.63. The average Bonchev–Trinajstić information content (AvgIpc) is 2.65. The summed E-state index contributed by atoms with van der Waals surface area (Å²) in [5.41, 5.74) is 4.86. The summed E-state index contributed by atoms with van der Waals surface area (Å²) in [5, 5.41) is -0.180. The number of hydrogen-bond acceptors (Lipinski definition) is 3. The maximum atomic E-state index is 13.2. The summed E-state index contributed by atoms with van der Waals surface area (Å²) in [4.78, 5) is -0.198. The SMILES string of the molecule is CC1(C)C(NS(=O)(=O)c2cc(N)c(F)cc2Cl)C1(C)C. The third-order valence-corrected chi connectivity index (χ3v) is 6.52. The predicted octanol–water partition coefficient (Wildman–Crippen LogP) is 2.77. The maximum Gasteiger partial charge on any atom is 0.242 e. The Balaban J connectivity index is 2.36. The minimum Gasteiger partial charge on any atom is -0.396 e. The number of anilines is 1. The molecule has 1 aliphatic carbocycles. The number of hydrogen-bond donors (Lipinski definition) is 2. The largest absolute Gasteiger partial charge is 0.396 e. The average molecular weight is 321 g/mol. The monoisotopic (exact) mass is 320 g/mol. The van der Waals surface area contributed by atoms with Crippen LogP contribution in [0.15, 0.2) is 17.0 Å². The standard InChI is InChI=1S/C13H18ClFN2O2S/c1-12(2)11(13(12,3)4)17-20(18,19)10-6-9(16)8(15)5-7(10)14/h5-6,11,17H,16H2,1-4H3. The van der Waals surface area contributed by atoms with Crippen molar-refractivity contribution in [3.05, 3.63) is 23.0 Å². The van der Waals surface area contributed by atoms with E-state index in [1.807, 2.05) is 27.7 Å². The van der Waals surface area contributed by atoms with Crippen LogP contribution < -0.4 is 10.5 Å². The van der Waals surface area contributed by atoms with Gasteiger partial charge in [0, 0.05) is 6.04 Å². The molecule has 0 radical (unpaired) electrons. The smallest absolute Gasteiger partial charge is 0.242 e. The Morgan fingerprint density at radius 1 is 1.25 bits per heavy atom. The molecule has 1 fully saturated rings. The molecule has 0 spiro atoms. The molecule has 1 aromatic carbocycles. The first-order valence-corrected chi connectivity index (χ1v) is 8.04. The second-order valence-electron chi connectivity index (χ2n) is 6.30. The molecule has 0 atom stereocenters. The second-order valence-corrected chi connectivity index (χ2v) is 8.39. The van der Waals surface area contributed by atoms with Crippen LogP contribution in [-0.2, 0) is 10.0 Å². The van der Waals surface area contributed by atoms with Crippen molar-refractivity contribution in [2.45, 2.75) is 38.6 Å². The molecule has 4 nitrogen and oxygen atoms in total. The number of nitrogens with two attached hydrogens (primary N) is 1. The highest BCUT2D eigenvalue weighted by molar-refractivity contribution is 7.89. The van der Waals surface area contributed by atoms with Gasteiger partial charge in [-0.1, -0.05) is 39.3 Å². The van der Waals surface area contributed by atoms with Crippen molar-refractivity contribution in [3.63, 3.8) is 0 Å². The van der Waals surface area contributed by atoms with E-state index in [1.54, 1.807) is 0 Å². The normalized spacial score (nSPS) is 20.9. The molecule has 0 heterocycles. The van der Waals surface area contributed by atoms with Crippen molar-refractivity contribution in [1.82, 2.24) is 4.72 Å². The van der Waals surface area contributed by atoms with Crippen molar-refractivity contribution >= 4 is 27.3 Å². The second kappa shape index (κ2) is 4.32. The van der Waals surface area contributed by atoms with Gasteiger partial charge >= 0.3 is 0 Å². The molecule has 7 heteroatoms. The van der Waals surface area contributed by atoms with Crippen LogP contribution in [0.25, 0.3) is 0 Å². The van der Waals surface area contributed by atoms with E-state index in [0.29, 0.717) is 0 Å². The van der Waals surface area contributed by atoms with Crippen molar-refractivity contribution in [2.24, 2.45) is 10.8 Å². The molecule has 1 aliphatic rings. The van der Waals surface area contributed by atoms with E-state index in [2.05, 4.69) is 4.72 Å². The number of nitrogens with one attached hydrogen (secondary N) is 1. The molecule has 2 rings (SSSR count). The minimum atomic E-state index is -3.84. The molecule has 0 aromatic heterocycles. The van der Waals surface area contributed by atoms with Crippen LogP contribution in [0.3, 0.4) is 0 Å². The third kappa shape index (κ3) is 2.19. The molecular weight excluding hydrogens is 303 g/mol. The Kier molecular flexibility index (Phi) is 3.36. The zero-order valence-electron chi connectivity index (χ0n) is 11.8. The van der Waals surface area contributed by atoms with E-state index in [0.717, 1.165) is 12.1 Å². The van der Waals surface area contributed by atoms with Crippen LogP contribution in [0, 0.1) is 16.6 Å². The van der Waals surface area contributed by atoms with Crippen molar-refractivity contribution in [2.75, 3.05) is 5.73 Å². The highest BCUT2D eigenvalue weighted by atomic mass is 35.5. The van der Waals surface area contributed by atoms with E-state index >= 15 is 0 Å². The van der Waals surface area contributed by atoms with Gasteiger partial charge in [0.05, 0.1) is 10.7 Å². The molecule has 0 saturated heterocycles. The number of nitrogen functional groups attached to an aromatic ring is 1. The van der Waals surface area contributed by atoms with Crippen LogP contribution in [0.2, 0.25) is 5.02 Å².